The third kappa shape index (κ3) is 3.54. The van der Waals surface area contributed by atoms with Crippen molar-refractivity contribution in [3.63, 3.8) is 0 Å². The maximum absolute atomic E-state index is 13.2. The molecule has 7 heteroatoms. The fourth-order valence-corrected chi connectivity index (χ4v) is 3.89. The van der Waals surface area contributed by atoms with Gasteiger partial charge in [0.05, 0.1) is 18.1 Å². The van der Waals surface area contributed by atoms with Crippen molar-refractivity contribution in [1.82, 2.24) is 10.0 Å². The third-order valence-corrected chi connectivity index (χ3v) is 4.94. The maximum Gasteiger partial charge on any atom is 0.241 e. The largest absolute Gasteiger partial charge is 0.378 e. The second kappa shape index (κ2) is 6.17. The van der Waals surface area contributed by atoms with E-state index in [-0.39, 0.29) is 17.5 Å². The van der Waals surface area contributed by atoms with E-state index < -0.39 is 15.8 Å². The molecular weight excluding hydrogens is 283 g/mol. The average molecular weight is 302 g/mol. The first-order chi connectivity index (χ1) is 9.40. The standard InChI is InChI=1S/C13H19FN2O3S/c1-9-5-11(14)6-10(2)13(9)20(17,18)16-7-12-8-19-4-3-15-12/h5-6,12,15-16H,3-4,7-8H2,1-2H3. The Morgan fingerprint density at radius 3 is 2.60 bits per heavy atom. The van der Waals surface area contributed by atoms with Crippen LogP contribution < -0.4 is 10.0 Å². The van der Waals surface area contributed by atoms with Crippen molar-refractivity contribution < 1.29 is 17.5 Å². The Hall–Kier alpha value is -1.02. The van der Waals surface area contributed by atoms with E-state index >= 15 is 0 Å². The van der Waals surface area contributed by atoms with Crippen molar-refractivity contribution in [2.24, 2.45) is 0 Å². The van der Waals surface area contributed by atoms with Gasteiger partial charge in [0, 0.05) is 19.1 Å². The minimum absolute atomic E-state index is 0.0421. The van der Waals surface area contributed by atoms with Gasteiger partial charge in [-0.2, -0.15) is 0 Å². The lowest BCUT2D eigenvalue weighted by molar-refractivity contribution is 0.0784. The molecular formula is C13H19FN2O3S. The predicted molar refractivity (Wildman–Crippen MR) is 73.7 cm³/mol. The SMILES string of the molecule is Cc1cc(F)cc(C)c1S(=O)(=O)NCC1COCCN1. The molecule has 1 aliphatic heterocycles. The van der Waals surface area contributed by atoms with Crippen LogP contribution in [0.5, 0.6) is 0 Å². The highest BCUT2D eigenvalue weighted by Gasteiger charge is 2.22. The molecule has 1 atom stereocenters. The van der Waals surface area contributed by atoms with Crippen LogP contribution in [0, 0.1) is 19.7 Å². The number of benzene rings is 1. The molecule has 5 nitrogen and oxygen atoms in total. The predicted octanol–water partition coefficient (Wildman–Crippen LogP) is 0.709. The van der Waals surface area contributed by atoms with Crippen molar-refractivity contribution in [3.8, 4) is 0 Å². The van der Waals surface area contributed by atoms with Gasteiger partial charge in [-0.05, 0) is 37.1 Å². The lowest BCUT2D eigenvalue weighted by Gasteiger charge is -2.24. The Balaban J connectivity index is 2.14. The molecule has 1 saturated heterocycles. The van der Waals surface area contributed by atoms with E-state index in [0.29, 0.717) is 30.9 Å². The molecule has 2 rings (SSSR count). The number of hydrogen-bond donors (Lipinski definition) is 2. The van der Waals surface area contributed by atoms with Gasteiger partial charge in [0.15, 0.2) is 0 Å². The fourth-order valence-electron chi connectivity index (χ4n) is 2.35. The van der Waals surface area contributed by atoms with E-state index in [0.717, 1.165) is 0 Å². The zero-order valence-corrected chi connectivity index (χ0v) is 12.4. The molecule has 20 heavy (non-hydrogen) atoms. The van der Waals surface area contributed by atoms with Gasteiger partial charge < -0.3 is 10.1 Å². The van der Waals surface area contributed by atoms with E-state index in [9.17, 15) is 12.8 Å². The lowest BCUT2D eigenvalue weighted by atomic mass is 10.1. The third-order valence-electron chi connectivity index (χ3n) is 3.21. The highest BCUT2D eigenvalue weighted by molar-refractivity contribution is 7.89. The zero-order valence-electron chi connectivity index (χ0n) is 11.6. The Kier molecular flexibility index (Phi) is 4.74. The summed E-state index contributed by atoms with van der Waals surface area (Å²) in [6.07, 6.45) is 0. The van der Waals surface area contributed by atoms with E-state index in [1.54, 1.807) is 13.8 Å². The average Bonchev–Trinajstić information content (AvgIpc) is 2.36. The monoisotopic (exact) mass is 302 g/mol. The molecule has 1 heterocycles. The number of rotatable bonds is 4. The molecule has 0 amide bonds. The number of nitrogens with one attached hydrogen (secondary N) is 2. The summed E-state index contributed by atoms with van der Waals surface area (Å²) in [6.45, 7) is 5.25. The molecule has 1 aromatic rings. The first-order valence-electron chi connectivity index (χ1n) is 6.47. The van der Waals surface area contributed by atoms with Gasteiger partial charge in [-0.25, -0.2) is 17.5 Å². The molecule has 0 saturated carbocycles. The number of halogens is 1. The summed E-state index contributed by atoms with van der Waals surface area (Å²) in [6, 6.07) is 2.41. The Morgan fingerprint density at radius 1 is 1.40 bits per heavy atom. The summed E-state index contributed by atoms with van der Waals surface area (Å²) in [4.78, 5) is 0.149. The molecule has 0 aliphatic carbocycles. The second-order valence-electron chi connectivity index (χ2n) is 4.95. The highest BCUT2D eigenvalue weighted by Crippen LogP contribution is 2.21. The van der Waals surface area contributed by atoms with Gasteiger partial charge in [-0.3, -0.25) is 0 Å². The van der Waals surface area contributed by atoms with Gasteiger partial charge in [0.1, 0.15) is 5.82 Å². The molecule has 0 bridgehead atoms. The number of ether oxygens (including phenoxy) is 1. The first kappa shape index (κ1) is 15.4. The minimum Gasteiger partial charge on any atom is -0.378 e. The summed E-state index contributed by atoms with van der Waals surface area (Å²) in [7, 11) is -3.65. The van der Waals surface area contributed by atoms with E-state index in [2.05, 4.69) is 10.0 Å². The van der Waals surface area contributed by atoms with Crippen molar-refractivity contribution in [2.45, 2.75) is 24.8 Å². The minimum atomic E-state index is -3.65. The number of hydrogen-bond acceptors (Lipinski definition) is 4. The molecule has 1 fully saturated rings. The normalized spacial score (nSPS) is 20.1. The molecule has 1 aliphatic rings. The summed E-state index contributed by atoms with van der Waals surface area (Å²) < 4.78 is 45.7. The summed E-state index contributed by atoms with van der Waals surface area (Å²) in [5.74, 6) is -0.429. The van der Waals surface area contributed by atoms with Gasteiger partial charge in [-0.1, -0.05) is 0 Å². The van der Waals surface area contributed by atoms with Gasteiger partial charge in [-0.15, -0.1) is 0 Å². The molecule has 112 valence electrons. The first-order valence-corrected chi connectivity index (χ1v) is 7.96. The molecule has 0 aromatic heterocycles. The molecule has 1 unspecified atom stereocenters. The smallest absolute Gasteiger partial charge is 0.241 e. The van der Waals surface area contributed by atoms with Crippen molar-refractivity contribution in [2.75, 3.05) is 26.3 Å². The summed E-state index contributed by atoms with van der Waals surface area (Å²) >= 11 is 0. The van der Waals surface area contributed by atoms with Gasteiger partial charge in [0.25, 0.3) is 0 Å². The highest BCUT2D eigenvalue weighted by atomic mass is 32.2. The molecule has 1 aromatic carbocycles. The Morgan fingerprint density at radius 2 is 2.05 bits per heavy atom. The van der Waals surface area contributed by atoms with Gasteiger partial charge in [0.2, 0.25) is 10.0 Å². The van der Waals surface area contributed by atoms with Crippen LogP contribution in [0.3, 0.4) is 0 Å². The molecule has 0 radical (unpaired) electrons. The van der Waals surface area contributed by atoms with E-state index in [1.807, 2.05) is 0 Å². The lowest BCUT2D eigenvalue weighted by Crippen LogP contribution is -2.48. The topological polar surface area (TPSA) is 67.4 Å². The Bertz CT molecular complexity index is 560. The van der Waals surface area contributed by atoms with Crippen LogP contribution in [0.1, 0.15) is 11.1 Å². The quantitative estimate of drug-likeness (QED) is 0.859. The van der Waals surface area contributed by atoms with E-state index in [4.69, 9.17) is 4.74 Å². The van der Waals surface area contributed by atoms with Crippen LogP contribution in [-0.2, 0) is 14.8 Å². The maximum atomic E-state index is 13.2. The van der Waals surface area contributed by atoms with Crippen molar-refractivity contribution in [3.05, 3.63) is 29.1 Å². The zero-order chi connectivity index (χ0) is 14.8. The van der Waals surface area contributed by atoms with Crippen LogP contribution in [0.15, 0.2) is 17.0 Å². The number of morpholine rings is 1. The fraction of sp³-hybridized carbons (Fsp3) is 0.538. The Labute approximate surface area is 118 Å². The van der Waals surface area contributed by atoms with Crippen molar-refractivity contribution in [1.29, 1.82) is 0 Å². The molecule has 2 N–H and O–H groups in total. The van der Waals surface area contributed by atoms with Crippen LogP contribution in [0.4, 0.5) is 4.39 Å². The summed E-state index contributed by atoms with van der Waals surface area (Å²) in [5, 5.41) is 3.17. The summed E-state index contributed by atoms with van der Waals surface area (Å²) in [5.41, 5.74) is 0.811. The van der Waals surface area contributed by atoms with Crippen molar-refractivity contribution >= 4 is 10.0 Å². The van der Waals surface area contributed by atoms with Gasteiger partial charge >= 0.3 is 0 Å². The van der Waals surface area contributed by atoms with E-state index in [1.165, 1.54) is 12.1 Å². The van der Waals surface area contributed by atoms with Crippen LogP contribution in [0.2, 0.25) is 0 Å². The number of aryl methyl sites for hydroxylation is 2. The second-order valence-corrected chi connectivity index (χ2v) is 6.65. The number of sulfonamides is 1. The van der Waals surface area contributed by atoms with Crippen LogP contribution in [0.25, 0.3) is 0 Å². The van der Waals surface area contributed by atoms with Crippen LogP contribution in [-0.4, -0.2) is 40.8 Å². The molecule has 0 spiro atoms. The van der Waals surface area contributed by atoms with Crippen LogP contribution >= 0.6 is 0 Å².